The molecule has 0 atom stereocenters. The lowest BCUT2D eigenvalue weighted by Gasteiger charge is -2.31. The molecule has 2 aliphatic rings. The first-order chi connectivity index (χ1) is 12.7. The molecule has 4 rings (SSSR count). The summed E-state index contributed by atoms with van der Waals surface area (Å²) in [6, 6.07) is 7.24. The number of amides is 1. The number of halogens is 1. The van der Waals surface area contributed by atoms with E-state index < -0.39 is 0 Å². The summed E-state index contributed by atoms with van der Waals surface area (Å²) in [5.74, 6) is 3.51. The molecule has 1 aromatic carbocycles. The summed E-state index contributed by atoms with van der Waals surface area (Å²) in [5, 5.41) is 9.34. The fourth-order valence-electron chi connectivity index (χ4n) is 3.83. The van der Waals surface area contributed by atoms with Crippen molar-refractivity contribution in [1.29, 1.82) is 0 Å². The maximum Gasteiger partial charge on any atom is 0.225 e. The Morgan fingerprint density at radius 1 is 1.23 bits per heavy atom. The molecule has 0 spiro atoms. The minimum Gasteiger partial charge on any atom is -0.493 e. The highest BCUT2D eigenvalue weighted by molar-refractivity contribution is 6.30. The molecular formula is C19H23ClN4O2. The van der Waals surface area contributed by atoms with Gasteiger partial charge in [0.1, 0.15) is 17.4 Å². The average Bonchev–Trinajstić information content (AvgIpc) is 3.25. The number of rotatable bonds is 5. The third-order valence-corrected chi connectivity index (χ3v) is 5.47. The second-order valence-electron chi connectivity index (χ2n) is 6.94. The van der Waals surface area contributed by atoms with Crippen LogP contribution in [-0.2, 0) is 17.8 Å². The maximum absolute atomic E-state index is 12.4. The summed E-state index contributed by atoms with van der Waals surface area (Å²) in [6.07, 6.45) is 4.51. The van der Waals surface area contributed by atoms with Gasteiger partial charge in [-0.2, -0.15) is 0 Å². The normalized spacial score (nSPS) is 17.3. The summed E-state index contributed by atoms with van der Waals surface area (Å²) in [7, 11) is 0. The molecule has 1 saturated heterocycles. The molecule has 2 aliphatic heterocycles. The van der Waals surface area contributed by atoms with E-state index >= 15 is 0 Å². The highest BCUT2D eigenvalue weighted by Gasteiger charge is 2.29. The van der Waals surface area contributed by atoms with Gasteiger partial charge in [-0.05, 0) is 37.5 Å². The Hall–Kier alpha value is -2.08. The molecule has 26 heavy (non-hydrogen) atoms. The molecule has 0 N–H and O–H groups in total. The van der Waals surface area contributed by atoms with E-state index in [9.17, 15) is 4.79 Å². The Balaban J connectivity index is 1.24. The lowest BCUT2D eigenvalue weighted by Crippen LogP contribution is -2.38. The first-order valence-corrected chi connectivity index (χ1v) is 9.66. The van der Waals surface area contributed by atoms with Gasteiger partial charge >= 0.3 is 0 Å². The number of likely N-dealkylation sites (tertiary alicyclic amines) is 1. The van der Waals surface area contributed by atoms with Gasteiger partial charge in [0.25, 0.3) is 0 Å². The van der Waals surface area contributed by atoms with Crippen molar-refractivity contribution < 1.29 is 9.53 Å². The second kappa shape index (κ2) is 7.66. The van der Waals surface area contributed by atoms with Crippen molar-refractivity contribution in [3.05, 3.63) is 40.9 Å². The number of carbonyl (C=O) groups is 1. The molecule has 3 heterocycles. The van der Waals surface area contributed by atoms with Gasteiger partial charge in [-0.3, -0.25) is 4.79 Å². The van der Waals surface area contributed by atoms with E-state index in [4.69, 9.17) is 16.3 Å². The summed E-state index contributed by atoms with van der Waals surface area (Å²) >= 11 is 5.93. The van der Waals surface area contributed by atoms with Crippen LogP contribution in [0.5, 0.6) is 5.75 Å². The first-order valence-electron chi connectivity index (χ1n) is 9.29. The molecule has 1 aromatic heterocycles. The SMILES string of the molecule is O=C(CCOc1cccc(Cl)c1)N1CCC(c2nnc3n2CCC3)CC1. The molecule has 0 bridgehead atoms. The van der Waals surface area contributed by atoms with Gasteiger partial charge in [0.05, 0.1) is 13.0 Å². The van der Waals surface area contributed by atoms with Crippen LogP contribution in [0.2, 0.25) is 5.02 Å². The van der Waals surface area contributed by atoms with Crippen molar-refractivity contribution in [2.45, 2.75) is 44.6 Å². The van der Waals surface area contributed by atoms with Crippen molar-refractivity contribution in [2.24, 2.45) is 0 Å². The number of benzene rings is 1. The van der Waals surface area contributed by atoms with E-state index in [-0.39, 0.29) is 5.91 Å². The molecule has 0 saturated carbocycles. The minimum atomic E-state index is 0.150. The van der Waals surface area contributed by atoms with Crippen LogP contribution in [0.4, 0.5) is 0 Å². The predicted octanol–water partition coefficient (Wildman–Crippen LogP) is 3.05. The molecule has 1 amide bonds. The quantitative estimate of drug-likeness (QED) is 0.807. The Labute approximate surface area is 158 Å². The van der Waals surface area contributed by atoms with Gasteiger partial charge in [-0.1, -0.05) is 17.7 Å². The summed E-state index contributed by atoms with van der Waals surface area (Å²) < 4.78 is 7.90. The number of aryl methyl sites for hydroxylation is 1. The monoisotopic (exact) mass is 374 g/mol. The van der Waals surface area contributed by atoms with Gasteiger partial charge in [0.15, 0.2) is 0 Å². The smallest absolute Gasteiger partial charge is 0.225 e. The van der Waals surface area contributed by atoms with Crippen molar-refractivity contribution >= 4 is 17.5 Å². The molecule has 6 nitrogen and oxygen atoms in total. The van der Waals surface area contributed by atoms with E-state index in [0.29, 0.717) is 29.7 Å². The molecule has 138 valence electrons. The number of nitrogens with zero attached hydrogens (tertiary/aromatic N) is 4. The van der Waals surface area contributed by atoms with Crippen LogP contribution in [0.15, 0.2) is 24.3 Å². The second-order valence-corrected chi connectivity index (χ2v) is 7.38. The highest BCUT2D eigenvalue weighted by atomic mass is 35.5. The van der Waals surface area contributed by atoms with Gasteiger partial charge < -0.3 is 14.2 Å². The van der Waals surface area contributed by atoms with E-state index in [0.717, 1.165) is 50.5 Å². The number of aromatic nitrogens is 3. The lowest BCUT2D eigenvalue weighted by atomic mass is 9.95. The van der Waals surface area contributed by atoms with Crippen molar-refractivity contribution in [3.63, 3.8) is 0 Å². The summed E-state index contributed by atoms with van der Waals surface area (Å²) in [6.45, 7) is 2.97. The van der Waals surface area contributed by atoms with Crippen LogP contribution in [0.1, 0.15) is 43.3 Å². The van der Waals surface area contributed by atoms with E-state index in [1.165, 1.54) is 6.42 Å². The fourth-order valence-corrected chi connectivity index (χ4v) is 4.01. The first kappa shape index (κ1) is 17.3. The molecule has 7 heteroatoms. The predicted molar refractivity (Wildman–Crippen MR) is 98.5 cm³/mol. The standard InChI is InChI=1S/C19H23ClN4O2/c20-15-3-1-4-16(13-15)26-12-8-18(25)23-10-6-14(7-11-23)19-22-21-17-5-2-9-24(17)19/h1,3-4,13-14H,2,5-12H2. The molecule has 0 radical (unpaired) electrons. The van der Waals surface area contributed by atoms with Crippen LogP contribution in [0, 0.1) is 0 Å². The Morgan fingerprint density at radius 2 is 2.08 bits per heavy atom. The van der Waals surface area contributed by atoms with E-state index in [1.807, 2.05) is 17.0 Å². The lowest BCUT2D eigenvalue weighted by molar-refractivity contribution is -0.132. The van der Waals surface area contributed by atoms with Crippen molar-refractivity contribution in [3.8, 4) is 5.75 Å². The summed E-state index contributed by atoms with van der Waals surface area (Å²) in [4.78, 5) is 14.4. The number of hydrogen-bond donors (Lipinski definition) is 0. The zero-order chi connectivity index (χ0) is 17.9. The highest BCUT2D eigenvalue weighted by Crippen LogP contribution is 2.29. The number of piperidine rings is 1. The Bertz CT molecular complexity index is 784. The number of carbonyl (C=O) groups excluding carboxylic acids is 1. The average molecular weight is 375 g/mol. The van der Waals surface area contributed by atoms with Crippen LogP contribution in [0.25, 0.3) is 0 Å². The largest absolute Gasteiger partial charge is 0.493 e. The zero-order valence-corrected chi connectivity index (χ0v) is 15.5. The molecule has 0 aliphatic carbocycles. The topological polar surface area (TPSA) is 60.2 Å². The Morgan fingerprint density at radius 3 is 2.88 bits per heavy atom. The van der Waals surface area contributed by atoms with Gasteiger partial charge in [-0.15, -0.1) is 10.2 Å². The molecule has 2 aromatic rings. The van der Waals surface area contributed by atoms with Gasteiger partial charge in [-0.25, -0.2) is 0 Å². The summed E-state index contributed by atoms with van der Waals surface area (Å²) in [5.41, 5.74) is 0. The van der Waals surface area contributed by atoms with Gasteiger partial charge in [0, 0.05) is 37.0 Å². The fraction of sp³-hybridized carbons (Fsp3) is 0.526. The van der Waals surface area contributed by atoms with Gasteiger partial charge in [0.2, 0.25) is 5.91 Å². The van der Waals surface area contributed by atoms with Crippen molar-refractivity contribution in [2.75, 3.05) is 19.7 Å². The van der Waals surface area contributed by atoms with Crippen LogP contribution in [-0.4, -0.2) is 45.3 Å². The number of hydrogen-bond acceptors (Lipinski definition) is 4. The van der Waals surface area contributed by atoms with Crippen LogP contribution in [0.3, 0.4) is 0 Å². The molecule has 0 unspecified atom stereocenters. The molecule has 1 fully saturated rings. The van der Waals surface area contributed by atoms with Crippen LogP contribution >= 0.6 is 11.6 Å². The number of fused-ring (bicyclic) bond motifs is 1. The van der Waals surface area contributed by atoms with Crippen LogP contribution < -0.4 is 4.74 Å². The van der Waals surface area contributed by atoms with E-state index in [2.05, 4.69) is 14.8 Å². The zero-order valence-electron chi connectivity index (χ0n) is 14.7. The number of ether oxygens (including phenoxy) is 1. The maximum atomic E-state index is 12.4. The third-order valence-electron chi connectivity index (χ3n) is 5.23. The Kier molecular flexibility index (Phi) is 5.11. The molecular weight excluding hydrogens is 352 g/mol. The van der Waals surface area contributed by atoms with E-state index in [1.54, 1.807) is 12.1 Å². The van der Waals surface area contributed by atoms with Crippen molar-refractivity contribution in [1.82, 2.24) is 19.7 Å². The third kappa shape index (κ3) is 3.70. The minimum absolute atomic E-state index is 0.150.